The summed E-state index contributed by atoms with van der Waals surface area (Å²) in [6.07, 6.45) is -0.882. The number of sulfonamides is 1. The van der Waals surface area contributed by atoms with Crippen LogP contribution in [0.5, 0.6) is 0 Å². The minimum absolute atomic E-state index is 0.225. The maximum Gasteiger partial charge on any atom is 0.241 e. The molecular formula is C27H26N4O6S2. The van der Waals surface area contributed by atoms with Crippen LogP contribution >= 0.6 is 0 Å². The quantitative estimate of drug-likeness (QED) is 0.319. The van der Waals surface area contributed by atoms with Crippen LogP contribution < -0.4 is 4.72 Å². The summed E-state index contributed by atoms with van der Waals surface area (Å²) in [6.45, 7) is 3.82. The Morgan fingerprint density at radius 2 is 1.36 bits per heavy atom. The number of benzene rings is 3. The Hall–Kier alpha value is -4.03. The van der Waals surface area contributed by atoms with Crippen LogP contribution in [-0.4, -0.2) is 38.0 Å². The van der Waals surface area contributed by atoms with Crippen molar-refractivity contribution >= 4 is 31.3 Å². The molecule has 3 aromatic carbocycles. The molecule has 1 aliphatic rings. The summed E-state index contributed by atoms with van der Waals surface area (Å²) in [5.74, 6) is -1.68. The van der Waals surface area contributed by atoms with Gasteiger partial charge in [-0.3, -0.25) is 4.72 Å². The maximum atomic E-state index is 13.8. The minimum Gasteiger partial charge on any atom is -0.423 e. The Kier molecular flexibility index (Phi) is 7.23. The van der Waals surface area contributed by atoms with Gasteiger partial charge in [0.05, 0.1) is 0 Å². The Labute approximate surface area is 226 Å². The van der Waals surface area contributed by atoms with Crippen LogP contribution in [0, 0.1) is 13.8 Å². The Balaban J connectivity index is 1.38. The number of oxime groups is 1. The molecule has 39 heavy (non-hydrogen) atoms. The summed E-state index contributed by atoms with van der Waals surface area (Å²) >= 11 is 0. The van der Waals surface area contributed by atoms with Gasteiger partial charge in [0.15, 0.2) is 21.2 Å². The van der Waals surface area contributed by atoms with Crippen molar-refractivity contribution in [3.63, 3.8) is 0 Å². The summed E-state index contributed by atoms with van der Waals surface area (Å²) in [7, 11) is -7.89. The normalized spacial score (nSPS) is 17.4. The predicted molar refractivity (Wildman–Crippen MR) is 146 cm³/mol. The highest BCUT2D eigenvalue weighted by Crippen LogP contribution is 2.36. The molecule has 4 aromatic rings. The average molecular weight is 567 g/mol. The van der Waals surface area contributed by atoms with Crippen molar-refractivity contribution in [2.24, 2.45) is 5.16 Å². The fourth-order valence-electron chi connectivity index (χ4n) is 4.21. The van der Waals surface area contributed by atoms with Crippen LogP contribution in [0.25, 0.3) is 0 Å². The molecule has 1 N–H and O–H groups in total. The van der Waals surface area contributed by atoms with Gasteiger partial charge in [-0.25, -0.2) is 16.8 Å². The maximum absolute atomic E-state index is 13.8. The van der Waals surface area contributed by atoms with Gasteiger partial charge in [-0.05, 0) is 31.5 Å². The summed E-state index contributed by atoms with van der Waals surface area (Å²) in [5, 5.41) is 10.6. The molecule has 0 amide bonds. The van der Waals surface area contributed by atoms with Crippen molar-refractivity contribution in [1.29, 1.82) is 0 Å². The molecule has 10 nitrogen and oxygen atoms in total. The third-order valence-corrected chi connectivity index (χ3v) is 9.21. The standard InChI is InChI=1S/C27H26N4O6S2/c1-18-8-12-21(13-9-18)26-27(25(30-37-26)20-6-4-3-5-7-20)38(32,33)16-23-28-29-24(36-23)17-39(34,35)31-22-14-10-19(2)11-15-22/h3-15,26-27,31H,16-17H2,1-2H3. The molecule has 1 aliphatic heterocycles. The SMILES string of the molecule is Cc1ccc(NS(=O)(=O)Cc2nnc(CS(=O)(=O)C3C(c4ccccc4)=NOC3c3ccc(C)cc3)o2)cc1. The number of hydrogen-bond acceptors (Lipinski definition) is 9. The molecule has 0 saturated heterocycles. The van der Waals surface area contributed by atoms with Gasteiger partial charge in [0.2, 0.25) is 21.8 Å². The molecule has 2 unspecified atom stereocenters. The van der Waals surface area contributed by atoms with Gasteiger partial charge in [-0.1, -0.05) is 83.0 Å². The Morgan fingerprint density at radius 3 is 2.00 bits per heavy atom. The zero-order valence-electron chi connectivity index (χ0n) is 21.2. The molecule has 0 bridgehead atoms. The van der Waals surface area contributed by atoms with Crippen molar-refractivity contribution < 1.29 is 26.1 Å². The van der Waals surface area contributed by atoms with E-state index in [2.05, 4.69) is 20.1 Å². The van der Waals surface area contributed by atoms with Crippen LogP contribution in [0.2, 0.25) is 0 Å². The van der Waals surface area contributed by atoms with Gasteiger partial charge in [0, 0.05) is 11.3 Å². The van der Waals surface area contributed by atoms with Crippen LogP contribution in [-0.2, 0) is 36.2 Å². The van der Waals surface area contributed by atoms with Crippen molar-refractivity contribution in [2.75, 3.05) is 4.72 Å². The highest BCUT2D eigenvalue weighted by Gasteiger charge is 2.46. The lowest BCUT2D eigenvalue weighted by molar-refractivity contribution is 0.0870. The van der Waals surface area contributed by atoms with E-state index in [-0.39, 0.29) is 17.5 Å². The van der Waals surface area contributed by atoms with Crippen molar-refractivity contribution in [3.8, 4) is 0 Å². The van der Waals surface area contributed by atoms with Crippen LogP contribution in [0.15, 0.2) is 88.4 Å². The van der Waals surface area contributed by atoms with E-state index in [1.807, 2.05) is 44.2 Å². The number of hydrogen-bond donors (Lipinski definition) is 1. The largest absolute Gasteiger partial charge is 0.423 e. The highest BCUT2D eigenvalue weighted by molar-refractivity contribution is 7.92. The number of nitrogens with zero attached hydrogens (tertiary/aromatic N) is 3. The first-order chi connectivity index (χ1) is 18.6. The molecule has 12 heteroatoms. The average Bonchev–Trinajstić information content (AvgIpc) is 3.53. The molecule has 2 atom stereocenters. The zero-order valence-corrected chi connectivity index (χ0v) is 22.8. The van der Waals surface area contributed by atoms with Gasteiger partial charge in [0.25, 0.3) is 0 Å². The molecule has 0 radical (unpaired) electrons. The smallest absolute Gasteiger partial charge is 0.241 e. The van der Waals surface area contributed by atoms with Crippen LogP contribution in [0.1, 0.15) is 40.1 Å². The number of rotatable bonds is 9. The first-order valence-electron chi connectivity index (χ1n) is 12.1. The predicted octanol–water partition coefficient (Wildman–Crippen LogP) is 4.09. The second-order valence-electron chi connectivity index (χ2n) is 9.32. The van der Waals surface area contributed by atoms with E-state index in [0.717, 1.165) is 11.1 Å². The summed E-state index contributed by atoms with van der Waals surface area (Å²) < 4.78 is 60.7. The van der Waals surface area contributed by atoms with Crippen LogP contribution in [0.4, 0.5) is 5.69 Å². The second-order valence-corrected chi connectivity index (χ2v) is 13.2. The summed E-state index contributed by atoms with van der Waals surface area (Å²) in [4.78, 5) is 5.67. The second kappa shape index (κ2) is 10.6. The Bertz CT molecular complexity index is 1700. The monoisotopic (exact) mass is 566 g/mol. The van der Waals surface area contributed by atoms with Crippen molar-refractivity contribution in [2.45, 2.75) is 36.7 Å². The van der Waals surface area contributed by atoms with E-state index in [9.17, 15) is 16.8 Å². The molecule has 2 heterocycles. The molecule has 0 saturated carbocycles. The first-order valence-corrected chi connectivity index (χ1v) is 15.4. The van der Waals surface area contributed by atoms with E-state index < -0.39 is 42.7 Å². The molecular weight excluding hydrogens is 540 g/mol. The topological polar surface area (TPSA) is 141 Å². The fraction of sp³-hybridized carbons (Fsp3) is 0.222. The molecule has 0 fully saturated rings. The fourth-order valence-corrected chi connectivity index (χ4v) is 6.96. The number of anilines is 1. The summed E-state index contributed by atoms with van der Waals surface area (Å²) in [6, 6.07) is 23.1. The van der Waals surface area contributed by atoms with Gasteiger partial charge >= 0.3 is 0 Å². The lowest BCUT2D eigenvalue weighted by Gasteiger charge is -2.19. The Morgan fingerprint density at radius 1 is 0.769 bits per heavy atom. The number of aromatic nitrogens is 2. The van der Waals surface area contributed by atoms with Gasteiger partial charge in [0.1, 0.15) is 17.2 Å². The molecule has 5 rings (SSSR count). The molecule has 202 valence electrons. The van der Waals surface area contributed by atoms with Crippen molar-refractivity contribution in [1.82, 2.24) is 10.2 Å². The number of nitrogens with one attached hydrogen (secondary N) is 1. The van der Waals surface area contributed by atoms with Crippen LogP contribution in [0.3, 0.4) is 0 Å². The molecule has 0 aliphatic carbocycles. The third-order valence-electron chi connectivity index (χ3n) is 6.14. The minimum atomic E-state index is -4.02. The van der Waals surface area contributed by atoms with Gasteiger partial charge in [-0.15, -0.1) is 10.2 Å². The first kappa shape index (κ1) is 26.6. The lowest BCUT2D eigenvalue weighted by Crippen LogP contribution is -2.34. The molecule has 0 spiro atoms. The van der Waals surface area contributed by atoms with Gasteiger partial charge < -0.3 is 9.25 Å². The number of sulfone groups is 1. The summed E-state index contributed by atoms with van der Waals surface area (Å²) in [5.41, 5.74) is 3.93. The lowest BCUT2D eigenvalue weighted by atomic mass is 9.99. The third kappa shape index (κ3) is 6.18. The highest BCUT2D eigenvalue weighted by atomic mass is 32.2. The molecule has 1 aromatic heterocycles. The van der Waals surface area contributed by atoms with Gasteiger partial charge in [-0.2, -0.15) is 0 Å². The number of aryl methyl sites for hydroxylation is 2. The van der Waals surface area contributed by atoms with E-state index in [0.29, 0.717) is 16.8 Å². The van der Waals surface area contributed by atoms with E-state index in [1.54, 1.807) is 48.5 Å². The van der Waals surface area contributed by atoms with Crippen molar-refractivity contribution in [3.05, 3.63) is 113 Å². The van der Waals surface area contributed by atoms with E-state index in [4.69, 9.17) is 9.25 Å². The zero-order chi connectivity index (χ0) is 27.6. The van der Waals surface area contributed by atoms with E-state index >= 15 is 0 Å². The van der Waals surface area contributed by atoms with E-state index in [1.165, 1.54) is 0 Å².